The van der Waals surface area contributed by atoms with Crippen molar-refractivity contribution >= 4 is 12.0 Å². The molecule has 1 saturated heterocycles. The molecular formula is C12H21NO3. The minimum atomic E-state index is -0.466. The first-order valence-electron chi connectivity index (χ1n) is 6.05. The van der Waals surface area contributed by atoms with Crippen LogP contribution >= 0.6 is 0 Å². The van der Waals surface area contributed by atoms with Gasteiger partial charge in [-0.05, 0) is 18.8 Å². The number of carbonyl (C=O) groups is 2. The SMILES string of the molecule is CCC[C@@H]1COC(=O)N1C(=O)CCC(C)C. The Morgan fingerprint density at radius 1 is 1.56 bits per heavy atom. The van der Waals surface area contributed by atoms with Crippen LogP contribution in [0.15, 0.2) is 0 Å². The molecule has 0 aromatic rings. The molecule has 1 rings (SSSR count). The molecule has 0 bridgehead atoms. The zero-order valence-corrected chi connectivity index (χ0v) is 10.4. The minimum absolute atomic E-state index is 0.0443. The summed E-state index contributed by atoms with van der Waals surface area (Å²) < 4.78 is 4.92. The van der Waals surface area contributed by atoms with Crippen molar-refractivity contribution in [1.29, 1.82) is 0 Å². The van der Waals surface area contributed by atoms with Gasteiger partial charge in [0.1, 0.15) is 6.61 Å². The van der Waals surface area contributed by atoms with Crippen LogP contribution in [0.25, 0.3) is 0 Å². The summed E-state index contributed by atoms with van der Waals surface area (Å²) in [7, 11) is 0. The Balaban J connectivity index is 2.53. The van der Waals surface area contributed by atoms with Gasteiger partial charge in [-0.15, -0.1) is 0 Å². The van der Waals surface area contributed by atoms with Crippen LogP contribution in [0.4, 0.5) is 4.79 Å². The number of nitrogens with zero attached hydrogens (tertiary/aromatic N) is 1. The molecule has 1 aliphatic rings. The minimum Gasteiger partial charge on any atom is -0.447 e. The lowest BCUT2D eigenvalue weighted by Gasteiger charge is -2.19. The van der Waals surface area contributed by atoms with Crippen molar-refractivity contribution < 1.29 is 14.3 Å². The third-order valence-electron chi connectivity index (χ3n) is 2.79. The molecule has 16 heavy (non-hydrogen) atoms. The summed E-state index contributed by atoms with van der Waals surface area (Å²) in [6, 6.07) is -0.0443. The quantitative estimate of drug-likeness (QED) is 0.725. The van der Waals surface area contributed by atoms with E-state index in [4.69, 9.17) is 4.74 Å². The first kappa shape index (κ1) is 13.0. The monoisotopic (exact) mass is 227 g/mol. The summed E-state index contributed by atoms with van der Waals surface area (Å²) >= 11 is 0. The zero-order chi connectivity index (χ0) is 12.1. The zero-order valence-electron chi connectivity index (χ0n) is 10.4. The van der Waals surface area contributed by atoms with Crippen LogP contribution in [0, 0.1) is 5.92 Å². The number of imide groups is 1. The van der Waals surface area contributed by atoms with E-state index in [-0.39, 0.29) is 11.9 Å². The van der Waals surface area contributed by atoms with Gasteiger partial charge in [0, 0.05) is 6.42 Å². The Morgan fingerprint density at radius 3 is 2.81 bits per heavy atom. The van der Waals surface area contributed by atoms with Crippen molar-refractivity contribution in [3.05, 3.63) is 0 Å². The van der Waals surface area contributed by atoms with Crippen molar-refractivity contribution in [2.24, 2.45) is 5.92 Å². The van der Waals surface area contributed by atoms with E-state index in [2.05, 4.69) is 13.8 Å². The molecule has 0 saturated carbocycles. The van der Waals surface area contributed by atoms with E-state index in [0.29, 0.717) is 18.9 Å². The predicted molar refractivity (Wildman–Crippen MR) is 61.0 cm³/mol. The number of hydrogen-bond acceptors (Lipinski definition) is 3. The van der Waals surface area contributed by atoms with Gasteiger partial charge in [0.2, 0.25) is 5.91 Å². The second-order valence-electron chi connectivity index (χ2n) is 4.72. The smallest absolute Gasteiger partial charge is 0.416 e. The van der Waals surface area contributed by atoms with Crippen LogP contribution in [-0.2, 0) is 9.53 Å². The fourth-order valence-corrected chi connectivity index (χ4v) is 1.84. The average molecular weight is 227 g/mol. The second-order valence-corrected chi connectivity index (χ2v) is 4.72. The molecule has 0 aromatic heterocycles. The van der Waals surface area contributed by atoms with E-state index in [1.54, 1.807) is 0 Å². The Bertz CT molecular complexity index is 263. The predicted octanol–water partition coefficient (Wildman–Crippen LogP) is 2.57. The maximum atomic E-state index is 11.9. The average Bonchev–Trinajstić information content (AvgIpc) is 2.57. The number of rotatable bonds is 5. The largest absolute Gasteiger partial charge is 0.447 e. The van der Waals surface area contributed by atoms with Gasteiger partial charge in [-0.3, -0.25) is 4.79 Å². The number of ether oxygens (including phenoxy) is 1. The number of hydrogen-bond donors (Lipinski definition) is 0. The lowest BCUT2D eigenvalue weighted by atomic mass is 10.1. The topological polar surface area (TPSA) is 46.6 Å². The fraction of sp³-hybridized carbons (Fsp3) is 0.833. The Morgan fingerprint density at radius 2 is 2.25 bits per heavy atom. The summed E-state index contributed by atoms with van der Waals surface area (Å²) in [6.45, 7) is 6.54. The van der Waals surface area contributed by atoms with Gasteiger partial charge in [-0.2, -0.15) is 0 Å². The summed E-state index contributed by atoms with van der Waals surface area (Å²) in [6.07, 6.45) is 2.58. The van der Waals surface area contributed by atoms with Gasteiger partial charge in [-0.1, -0.05) is 27.2 Å². The van der Waals surface area contributed by atoms with Gasteiger partial charge < -0.3 is 4.74 Å². The van der Waals surface area contributed by atoms with E-state index in [0.717, 1.165) is 19.3 Å². The van der Waals surface area contributed by atoms with Crippen molar-refractivity contribution in [2.75, 3.05) is 6.61 Å². The molecular weight excluding hydrogens is 206 g/mol. The lowest BCUT2D eigenvalue weighted by Crippen LogP contribution is -2.38. The highest BCUT2D eigenvalue weighted by molar-refractivity contribution is 5.93. The Kier molecular flexibility index (Phi) is 4.77. The Hall–Kier alpha value is -1.06. The summed E-state index contributed by atoms with van der Waals surface area (Å²) in [5.74, 6) is 0.391. The fourth-order valence-electron chi connectivity index (χ4n) is 1.84. The number of amides is 2. The summed E-state index contributed by atoms with van der Waals surface area (Å²) in [4.78, 5) is 24.6. The van der Waals surface area contributed by atoms with Crippen LogP contribution in [0.5, 0.6) is 0 Å². The molecule has 0 unspecified atom stereocenters. The van der Waals surface area contributed by atoms with Crippen molar-refractivity contribution in [3.63, 3.8) is 0 Å². The van der Waals surface area contributed by atoms with E-state index in [9.17, 15) is 9.59 Å². The van der Waals surface area contributed by atoms with Gasteiger partial charge >= 0.3 is 6.09 Å². The molecule has 1 aliphatic heterocycles. The number of cyclic esters (lactones) is 1. The molecule has 0 N–H and O–H groups in total. The first-order chi connectivity index (χ1) is 7.56. The van der Waals surface area contributed by atoms with Crippen molar-refractivity contribution in [3.8, 4) is 0 Å². The normalized spacial score (nSPS) is 20.4. The van der Waals surface area contributed by atoms with Crippen LogP contribution in [0.2, 0.25) is 0 Å². The van der Waals surface area contributed by atoms with Gasteiger partial charge in [0.25, 0.3) is 0 Å². The molecule has 4 nitrogen and oxygen atoms in total. The van der Waals surface area contributed by atoms with Crippen LogP contribution in [0.1, 0.15) is 46.5 Å². The number of carbonyl (C=O) groups excluding carboxylic acids is 2. The Labute approximate surface area is 96.9 Å². The molecule has 0 aromatic carbocycles. The molecule has 1 fully saturated rings. The molecule has 0 spiro atoms. The molecule has 1 heterocycles. The van der Waals surface area contributed by atoms with Gasteiger partial charge in [0.05, 0.1) is 6.04 Å². The second kappa shape index (κ2) is 5.87. The third-order valence-corrected chi connectivity index (χ3v) is 2.79. The molecule has 2 amide bonds. The van der Waals surface area contributed by atoms with Crippen molar-refractivity contribution in [2.45, 2.75) is 52.5 Å². The summed E-state index contributed by atoms with van der Waals surface area (Å²) in [5.41, 5.74) is 0. The summed E-state index contributed by atoms with van der Waals surface area (Å²) in [5, 5.41) is 0. The molecule has 0 radical (unpaired) electrons. The highest BCUT2D eigenvalue weighted by Crippen LogP contribution is 2.19. The van der Waals surface area contributed by atoms with E-state index < -0.39 is 6.09 Å². The highest BCUT2D eigenvalue weighted by atomic mass is 16.6. The van der Waals surface area contributed by atoms with E-state index >= 15 is 0 Å². The maximum Gasteiger partial charge on any atom is 0.416 e. The maximum absolute atomic E-state index is 11.9. The lowest BCUT2D eigenvalue weighted by molar-refractivity contribution is -0.129. The first-order valence-corrected chi connectivity index (χ1v) is 6.05. The third kappa shape index (κ3) is 3.22. The standard InChI is InChI=1S/C12H21NO3/c1-4-5-10-8-16-12(15)13(10)11(14)7-6-9(2)3/h9-10H,4-8H2,1-3H3/t10-/m1/s1. The van der Waals surface area contributed by atoms with Crippen LogP contribution < -0.4 is 0 Å². The highest BCUT2D eigenvalue weighted by Gasteiger charge is 2.36. The van der Waals surface area contributed by atoms with Crippen molar-refractivity contribution in [1.82, 2.24) is 4.90 Å². The van der Waals surface area contributed by atoms with Gasteiger partial charge in [-0.25, -0.2) is 9.69 Å². The molecule has 4 heteroatoms. The molecule has 92 valence electrons. The van der Waals surface area contributed by atoms with E-state index in [1.807, 2.05) is 6.92 Å². The van der Waals surface area contributed by atoms with Gasteiger partial charge in [0.15, 0.2) is 0 Å². The van der Waals surface area contributed by atoms with Crippen LogP contribution in [0.3, 0.4) is 0 Å². The van der Waals surface area contributed by atoms with Crippen LogP contribution in [-0.4, -0.2) is 29.5 Å². The molecule has 1 atom stereocenters. The molecule has 0 aliphatic carbocycles. The van der Waals surface area contributed by atoms with E-state index in [1.165, 1.54) is 4.90 Å².